The van der Waals surface area contributed by atoms with E-state index in [-0.39, 0.29) is 17.1 Å². The number of hydrogen-bond donors (Lipinski definition) is 2. The Hall–Kier alpha value is -1.97. The molecular weight excluding hydrogens is 455 g/mol. The Morgan fingerprint density at radius 1 is 1.00 bits per heavy atom. The van der Waals surface area contributed by atoms with E-state index in [1.165, 1.54) is 23.9 Å². The first kappa shape index (κ1) is 22.7. The van der Waals surface area contributed by atoms with Crippen molar-refractivity contribution in [2.24, 2.45) is 0 Å². The fourth-order valence-electron chi connectivity index (χ4n) is 2.98. The number of pyridine rings is 1. The molecule has 1 heterocycles. The second-order valence-corrected chi connectivity index (χ2v) is 8.09. The molecule has 0 aliphatic heterocycles. The molecule has 0 radical (unpaired) electrons. The Bertz CT molecular complexity index is 1070. The van der Waals surface area contributed by atoms with Crippen molar-refractivity contribution < 1.29 is 17.9 Å². The summed E-state index contributed by atoms with van der Waals surface area (Å²) >= 11 is 8.77. The zero-order valence-electron chi connectivity index (χ0n) is 16.6. The van der Waals surface area contributed by atoms with Gasteiger partial charge in [0, 0.05) is 24.3 Å². The topological polar surface area (TPSA) is 46.2 Å². The van der Waals surface area contributed by atoms with Crippen molar-refractivity contribution in [2.75, 3.05) is 22.0 Å². The maximum absolute atomic E-state index is 13.4. The van der Waals surface area contributed by atoms with Gasteiger partial charge in [0.05, 0.1) is 32.9 Å². The van der Waals surface area contributed by atoms with Gasteiger partial charge in [-0.05, 0) is 37.6 Å². The summed E-state index contributed by atoms with van der Waals surface area (Å²) < 4.78 is 52.2. The van der Waals surface area contributed by atoms with E-state index in [0.29, 0.717) is 27.4 Å². The lowest BCUT2D eigenvalue weighted by molar-refractivity contribution is -0.137. The fraction of sp³-hybridized carbons (Fsp3) is 0.250. The lowest BCUT2D eigenvalue weighted by Gasteiger charge is -2.20. The molecule has 2 aromatic carbocycles. The van der Waals surface area contributed by atoms with Crippen molar-refractivity contribution in [1.29, 1.82) is 0 Å². The van der Waals surface area contributed by atoms with Crippen molar-refractivity contribution in [2.45, 2.75) is 20.0 Å². The summed E-state index contributed by atoms with van der Waals surface area (Å²) in [6, 6.07) is 7.39. The lowest BCUT2D eigenvalue weighted by atomic mass is 10.1. The lowest BCUT2D eigenvalue weighted by Crippen LogP contribution is -2.08. The van der Waals surface area contributed by atoms with Gasteiger partial charge in [0.1, 0.15) is 5.75 Å². The number of benzene rings is 2. The highest BCUT2D eigenvalue weighted by atomic mass is 35.5. The Labute approximate surface area is 186 Å². The highest BCUT2D eigenvalue weighted by molar-refractivity contribution is 8.00. The molecule has 30 heavy (non-hydrogen) atoms. The highest BCUT2D eigenvalue weighted by Crippen LogP contribution is 2.46. The van der Waals surface area contributed by atoms with Crippen LogP contribution in [0.1, 0.15) is 16.8 Å². The average molecular weight is 474 g/mol. The van der Waals surface area contributed by atoms with Crippen LogP contribution in [0, 0.1) is 13.8 Å². The Balaban J connectivity index is 2.25. The van der Waals surface area contributed by atoms with Crippen LogP contribution >= 0.6 is 35.5 Å². The third-order valence-electron chi connectivity index (χ3n) is 4.26. The van der Waals surface area contributed by atoms with Crippen molar-refractivity contribution in [1.82, 2.24) is 4.98 Å². The summed E-state index contributed by atoms with van der Waals surface area (Å²) in [5, 5.41) is 1.05. The van der Waals surface area contributed by atoms with Gasteiger partial charge in [-0.15, -0.1) is 0 Å². The minimum Gasteiger partial charge on any atom is -0.452 e. The van der Waals surface area contributed by atoms with Crippen LogP contribution in [-0.4, -0.2) is 17.5 Å². The van der Waals surface area contributed by atoms with Gasteiger partial charge in [0.15, 0.2) is 5.75 Å². The van der Waals surface area contributed by atoms with E-state index in [4.69, 9.17) is 16.3 Å². The molecule has 0 amide bonds. The third kappa shape index (κ3) is 4.68. The Morgan fingerprint density at radius 2 is 1.60 bits per heavy atom. The SMILES string of the molecule is CSNc1cc(C(F)(F)F)cc(NSC)c1Oc1cc(C)nc2c(C)ccc(Cl)c12. The molecule has 0 bridgehead atoms. The van der Waals surface area contributed by atoms with E-state index in [1.54, 1.807) is 24.6 Å². The van der Waals surface area contributed by atoms with Crippen LogP contribution < -0.4 is 14.2 Å². The van der Waals surface area contributed by atoms with Crippen LogP contribution in [0.25, 0.3) is 10.9 Å². The van der Waals surface area contributed by atoms with Crippen LogP contribution in [0.2, 0.25) is 5.02 Å². The summed E-state index contributed by atoms with van der Waals surface area (Å²) in [5.41, 5.74) is 1.91. The zero-order chi connectivity index (χ0) is 22.1. The van der Waals surface area contributed by atoms with Crippen LogP contribution in [-0.2, 0) is 6.18 Å². The van der Waals surface area contributed by atoms with Gasteiger partial charge in [-0.25, -0.2) is 0 Å². The quantitative estimate of drug-likeness (QED) is 0.358. The molecule has 0 unspecified atom stereocenters. The van der Waals surface area contributed by atoms with Crippen molar-refractivity contribution in [3.05, 3.63) is 52.2 Å². The van der Waals surface area contributed by atoms with E-state index in [2.05, 4.69) is 14.4 Å². The number of nitrogens with zero attached hydrogens (tertiary/aromatic N) is 1. The number of fused-ring (bicyclic) bond motifs is 1. The Kier molecular flexibility index (Phi) is 6.84. The number of nitrogens with one attached hydrogen (secondary N) is 2. The Morgan fingerprint density at radius 3 is 2.13 bits per heavy atom. The maximum Gasteiger partial charge on any atom is 0.416 e. The summed E-state index contributed by atoms with van der Waals surface area (Å²) in [6.07, 6.45) is -1.06. The van der Waals surface area contributed by atoms with Crippen LogP contribution in [0.3, 0.4) is 0 Å². The third-order valence-corrected chi connectivity index (χ3v) is 5.42. The molecular formula is C20H19ClF3N3OS2. The van der Waals surface area contributed by atoms with Gasteiger partial charge in [0.25, 0.3) is 0 Å². The second-order valence-electron chi connectivity index (χ2n) is 6.46. The van der Waals surface area contributed by atoms with Gasteiger partial charge < -0.3 is 14.2 Å². The zero-order valence-corrected chi connectivity index (χ0v) is 19.0. The molecule has 0 saturated heterocycles. The fourth-order valence-corrected chi connectivity index (χ4v) is 3.97. The van der Waals surface area contributed by atoms with E-state index < -0.39 is 11.7 Å². The first-order valence-corrected chi connectivity index (χ1v) is 11.6. The molecule has 0 saturated carbocycles. The molecule has 0 fully saturated rings. The largest absolute Gasteiger partial charge is 0.452 e. The average Bonchev–Trinajstić information content (AvgIpc) is 2.66. The molecule has 10 heteroatoms. The summed E-state index contributed by atoms with van der Waals surface area (Å²) in [4.78, 5) is 4.55. The molecule has 4 nitrogen and oxygen atoms in total. The summed E-state index contributed by atoms with van der Waals surface area (Å²) in [5.74, 6) is 0.649. The number of rotatable bonds is 6. The number of ether oxygens (including phenoxy) is 1. The predicted molar refractivity (Wildman–Crippen MR) is 122 cm³/mol. The predicted octanol–water partition coefficient (Wildman–Crippen LogP) is 7.70. The van der Waals surface area contributed by atoms with Gasteiger partial charge in [-0.1, -0.05) is 41.6 Å². The molecule has 2 N–H and O–H groups in total. The van der Waals surface area contributed by atoms with Gasteiger partial charge in [0.2, 0.25) is 0 Å². The molecule has 1 aromatic heterocycles. The number of aryl methyl sites for hydroxylation is 2. The smallest absolute Gasteiger partial charge is 0.416 e. The number of hydrogen-bond acceptors (Lipinski definition) is 6. The molecule has 3 rings (SSSR count). The molecule has 0 spiro atoms. The number of alkyl halides is 3. The van der Waals surface area contributed by atoms with E-state index in [1.807, 2.05) is 19.9 Å². The minimum absolute atomic E-state index is 0.195. The van der Waals surface area contributed by atoms with Crippen molar-refractivity contribution in [3.63, 3.8) is 0 Å². The summed E-state index contributed by atoms with van der Waals surface area (Å²) in [7, 11) is 0. The van der Waals surface area contributed by atoms with Crippen LogP contribution in [0.5, 0.6) is 11.5 Å². The molecule has 0 atom stereocenters. The van der Waals surface area contributed by atoms with E-state index in [0.717, 1.165) is 17.7 Å². The molecule has 160 valence electrons. The normalized spacial score (nSPS) is 11.6. The molecule has 0 aliphatic carbocycles. The van der Waals surface area contributed by atoms with Gasteiger partial charge in [-0.3, -0.25) is 4.98 Å². The number of halogens is 4. The number of aromatic nitrogens is 1. The van der Waals surface area contributed by atoms with Crippen molar-refractivity contribution >= 4 is 57.8 Å². The standard InChI is InChI=1S/C20H19ClF3N3OS2/c1-10-5-6-13(21)17-16(7-11(2)25-18(10)17)28-19-14(26-29-3)8-12(20(22,23)24)9-15(19)27-30-4/h5-9,26-27H,1-4H3. The minimum atomic E-state index is -4.50. The monoisotopic (exact) mass is 473 g/mol. The molecule has 3 aromatic rings. The van der Waals surface area contributed by atoms with Crippen molar-refractivity contribution in [3.8, 4) is 11.5 Å². The van der Waals surface area contributed by atoms with Crippen LogP contribution in [0.4, 0.5) is 24.5 Å². The summed E-state index contributed by atoms with van der Waals surface area (Å²) in [6.45, 7) is 3.73. The first-order valence-electron chi connectivity index (χ1n) is 8.73. The van der Waals surface area contributed by atoms with E-state index in [9.17, 15) is 13.2 Å². The first-order chi connectivity index (χ1) is 14.2. The van der Waals surface area contributed by atoms with Gasteiger partial charge >= 0.3 is 6.18 Å². The highest BCUT2D eigenvalue weighted by Gasteiger charge is 2.33. The second kappa shape index (κ2) is 9.03. The molecule has 0 aliphatic rings. The van der Waals surface area contributed by atoms with E-state index >= 15 is 0 Å². The maximum atomic E-state index is 13.4. The van der Waals surface area contributed by atoms with Gasteiger partial charge in [-0.2, -0.15) is 13.2 Å². The number of anilines is 2. The van der Waals surface area contributed by atoms with Crippen LogP contribution in [0.15, 0.2) is 30.3 Å².